The molecule has 1 saturated carbocycles. The Kier molecular flexibility index (Phi) is 4.91. The van der Waals surface area contributed by atoms with Gasteiger partial charge in [0.1, 0.15) is 5.78 Å². The van der Waals surface area contributed by atoms with Gasteiger partial charge >= 0.3 is 0 Å². The number of ketones is 1. The number of aryl methyl sites for hydroxylation is 2. The van der Waals surface area contributed by atoms with E-state index < -0.39 is 0 Å². The molecule has 0 atom stereocenters. The molecule has 0 aliphatic heterocycles. The van der Waals surface area contributed by atoms with Crippen molar-refractivity contribution in [2.75, 3.05) is 0 Å². The van der Waals surface area contributed by atoms with Crippen LogP contribution >= 0.6 is 0 Å². The Labute approximate surface area is 130 Å². The first-order chi connectivity index (χ1) is 9.79. The summed E-state index contributed by atoms with van der Waals surface area (Å²) in [6.07, 6.45) is 5.24. The number of benzene rings is 1. The summed E-state index contributed by atoms with van der Waals surface area (Å²) in [6.45, 7) is 11.2. The lowest BCUT2D eigenvalue weighted by atomic mass is 9.69. The Bertz CT molecular complexity index is 479. The number of carbonyl (C=O) groups excluding carboxylic acids is 1. The quantitative estimate of drug-likeness (QED) is 0.740. The van der Waals surface area contributed by atoms with Crippen molar-refractivity contribution < 1.29 is 4.79 Å². The molecule has 0 amide bonds. The fourth-order valence-corrected chi connectivity index (χ4v) is 3.73. The van der Waals surface area contributed by atoms with Gasteiger partial charge in [-0.1, -0.05) is 39.0 Å². The average Bonchev–Trinajstić information content (AvgIpc) is 2.42. The first kappa shape index (κ1) is 16.3. The van der Waals surface area contributed by atoms with Gasteiger partial charge in [0.2, 0.25) is 0 Å². The highest BCUT2D eigenvalue weighted by Gasteiger charge is 2.32. The van der Waals surface area contributed by atoms with E-state index in [0.717, 1.165) is 18.8 Å². The lowest BCUT2D eigenvalue weighted by molar-refractivity contribution is -0.123. The Morgan fingerprint density at radius 1 is 1.05 bits per heavy atom. The Morgan fingerprint density at radius 2 is 1.57 bits per heavy atom. The second kappa shape index (κ2) is 6.34. The summed E-state index contributed by atoms with van der Waals surface area (Å²) in [4.78, 5) is 12.6. The molecule has 1 heteroatoms. The summed E-state index contributed by atoms with van der Waals surface area (Å²) in [6, 6.07) is 6.31. The topological polar surface area (TPSA) is 17.1 Å². The predicted octanol–water partition coefficient (Wildman–Crippen LogP) is 5.27. The van der Waals surface area contributed by atoms with Crippen molar-refractivity contribution >= 4 is 5.78 Å². The molecule has 0 aromatic heterocycles. The minimum atomic E-state index is 0.294. The van der Waals surface area contributed by atoms with Gasteiger partial charge in [-0.05, 0) is 67.6 Å². The normalized spacial score (nSPS) is 23.1. The van der Waals surface area contributed by atoms with Crippen LogP contribution in [0.5, 0.6) is 0 Å². The Hall–Kier alpha value is -1.11. The number of carbonyl (C=O) groups is 1. The van der Waals surface area contributed by atoms with Gasteiger partial charge in [0, 0.05) is 12.3 Å². The van der Waals surface area contributed by atoms with Crippen LogP contribution in [0, 0.1) is 31.1 Å². The van der Waals surface area contributed by atoms with Crippen LogP contribution in [0.15, 0.2) is 18.2 Å². The molecule has 0 N–H and O–H groups in total. The number of Topliss-reactive ketones (excluding diaryl/α,β-unsaturated/α-hetero) is 1. The molecule has 1 aromatic carbocycles. The minimum Gasteiger partial charge on any atom is -0.299 e. The molecule has 0 spiro atoms. The van der Waals surface area contributed by atoms with E-state index >= 15 is 0 Å². The molecular weight excluding hydrogens is 256 g/mol. The third-order valence-corrected chi connectivity index (χ3v) is 5.40. The maximum Gasteiger partial charge on any atom is 0.140 e. The summed E-state index contributed by atoms with van der Waals surface area (Å²) in [5.74, 6) is 1.53. The van der Waals surface area contributed by atoms with Gasteiger partial charge in [-0.25, -0.2) is 0 Å². The zero-order valence-electron chi connectivity index (χ0n) is 14.3. The van der Waals surface area contributed by atoms with Gasteiger partial charge in [-0.15, -0.1) is 0 Å². The summed E-state index contributed by atoms with van der Waals surface area (Å²) in [7, 11) is 0. The smallest absolute Gasteiger partial charge is 0.140 e. The van der Waals surface area contributed by atoms with Crippen LogP contribution in [0.2, 0.25) is 0 Å². The maximum absolute atomic E-state index is 12.6. The molecule has 0 radical (unpaired) electrons. The van der Waals surface area contributed by atoms with Crippen LogP contribution in [0.4, 0.5) is 0 Å². The fraction of sp³-hybridized carbons (Fsp3) is 0.650. The summed E-state index contributed by atoms with van der Waals surface area (Å²) < 4.78 is 0. The van der Waals surface area contributed by atoms with Crippen LogP contribution in [-0.2, 0) is 11.2 Å². The molecule has 0 saturated heterocycles. The van der Waals surface area contributed by atoms with E-state index in [1.54, 1.807) is 0 Å². The van der Waals surface area contributed by atoms with Crippen LogP contribution < -0.4 is 0 Å². The summed E-state index contributed by atoms with van der Waals surface area (Å²) in [5.41, 5.74) is 4.15. The molecule has 0 bridgehead atoms. The first-order valence-corrected chi connectivity index (χ1v) is 8.37. The highest BCUT2D eigenvalue weighted by atomic mass is 16.1. The van der Waals surface area contributed by atoms with E-state index in [1.807, 2.05) is 0 Å². The van der Waals surface area contributed by atoms with Crippen LogP contribution in [0.1, 0.15) is 63.1 Å². The maximum atomic E-state index is 12.6. The van der Waals surface area contributed by atoms with E-state index in [2.05, 4.69) is 52.8 Å². The van der Waals surface area contributed by atoms with Crippen molar-refractivity contribution in [3.8, 4) is 0 Å². The molecular formula is C20H30O. The Balaban J connectivity index is 1.97. The van der Waals surface area contributed by atoms with E-state index in [4.69, 9.17) is 0 Å². The van der Waals surface area contributed by atoms with Gasteiger partial charge in [-0.2, -0.15) is 0 Å². The van der Waals surface area contributed by atoms with Crippen molar-refractivity contribution in [3.63, 3.8) is 0 Å². The first-order valence-electron chi connectivity index (χ1n) is 8.37. The van der Waals surface area contributed by atoms with Crippen molar-refractivity contribution in [1.29, 1.82) is 0 Å². The van der Waals surface area contributed by atoms with Gasteiger partial charge in [-0.3, -0.25) is 4.79 Å². The summed E-state index contributed by atoms with van der Waals surface area (Å²) in [5, 5.41) is 0. The second-order valence-corrected chi connectivity index (χ2v) is 7.93. The van der Waals surface area contributed by atoms with Gasteiger partial charge in [0.15, 0.2) is 0 Å². The molecule has 0 heterocycles. The fourth-order valence-electron chi connectivity index (χ4n) is 3.73. The number of hydrogen-bond acceptors (Lipinski definition) is 1. The lowest BCUT2D eigenvalue weighted by Gasteiger charge is -2.36. The zero-order valence-corrected chi connectivity index (χ0v) is 14.3. The minimum absolute atomic E-state index is 0.294. The van der Waals surface area contributed by atoms with E-state index in [9.17, 15) is 4.79 Å². The van der Waals surface area contributed by atoms with E-state index in [-0.39, 0.29) is 0 Å². The van der Waals surface area contributed by atoms with Gasteiger partial charge < -0.3 is 0 Å². The van der Waals surface area contributed by atoms with E-state index in [0.29, 0.717) is 23.5 Å². The van der Waals surface area contributed by atoms with Gasteiger partial charge in [0.05, 0.1) is 0 Å². The molecule has 1 aliphatic carbocycles. The third-order valence-electron chi connectivity index (χ3n) is 5.40. The number of hydrogen-bond donors (Lipinski definition) is 0. The molecule has 1 aliphatic rings. The average molecular weight is 286 g/mol. The zero-order chi connectivity index (χ0) is 15.6. The molecule has 2 rings (SSSR count). The standard InChI is InChI=1S/C20H30O/c1-14-7-6-8-15(2)18(14)13-19(21)16-9-11-17(12-10-16)20(3,4)5/h6-8,16-17H,9-13H2,1-5H3. The lowest BCUT2D eigenvalue weighted by Crippen LogP contribution is -2.29. The highest BCUT2D eigenvalue weighted by molar-refractivity contribution is 5.84. The highest BCUT2D eigenvalue weighted by Crippen LogP contribution is 2.40. The van der Waals surface area contributed by atoms with Crippen molar-refractivity contribution in [1.82, 2.24) is 0 Å². The van der Waals surface area contributed by atoms with E-state index in [1.165, 1.54) is 29.5 Å². The van der Waals surface area contributed by atoms with Crippen LogP contribution in [0.25, 0.3) is 0 Å². The SMILES string of the molecule is Cc1cccc(C)c1CC(=O)C1CCC(C(C)(C)C)CC1. The van der Waals surface area contributed by atoms with Crippen molar-refractivity contribution in [3.05, 3.63) is 34.9 Å². The van der Waals surface area contributed by atoms with Crippen molar-refractivity contribution in [2.45, 2.75) is 66.7 Å². The second-order valence-electron chi connectivity index (χ2n) is 7.93. The molecule has 1 nitrogen and oxygen atoms in total. The molecule has 21 heavy (non-hydrogen) atoms. The van der Waals surface area contributed by atoms with Gasteiger partial charge in [0.25, 0.3) is 0 Å². The summed E-state index contributed by atoms with van der Waals surface area (Å²) >= 11 is 0. The molecule has 0 unspecified atom stereocenters. The Morgan fingerprint density at radius 3 is 2.05 bits per heavy atom. The third kappa shape index (κ3) is 3.96. The molecule has 1 aromatic rings. The predicted molar refractivity (Wildman–Crippen MR) is 89.5 cm³/mol. The van der Waals surface area contributed by atoms with Crippen molar-refractivity contribution in [2.24, 2.45) is 17.3 Å². The molecule has 1 fully saturated rings. The van der Waals surface area contributed by atoms with Crippen LogP contribution in [-0.4, -0.2) is 5.78 Å². The number of rotatable bonds is 3. The van der Waals surface area contributed by atoms with Crippen LogP contribution in [0.3, 0.4) is 0 Å². The molecule has 116 valence electrons. The monoisotopic (exact) mass is 286 g/mol. The largest absolute Gasteiger partial charge is 0.299 e.